The molecule has 0 saturated carbocycles. The molecule has 0 fully saturated rings. The van der Waals surface area contributed by atoms with Crippen molar-refractivity contribution in [1.82, 2.24) is 0 Å². The fourth-order valence-corrected chi connectivity index (χ4v) is 1.50. The molecule has 0 aliphatic carbocycles. The quantitative estimate of drug-likeness (QED) is 0.383. The first-order chi connectivity index (χ1) is 10.2. The van der Waals surface area contributed by atoms with Crippen molar-refractivity contribution in [3.63, 3.8) is 0 Å². The summed E-state index contributed by atoms with van der Waals surface area (Å²) in [5, 5.41) is 0. The second-order valence-corrected chi connectivity index (χ2v) is 6.55. The molecule has 0 aromatic rings. The number of carbonyl (C=O) groups is 2. The van der Waals surface area contributed by atoms with Crippen molar-refractivity contribution >= 4 is 23.5 Å². The van der Waals surface area contributed by atoms with Crippen molar-refractivity contribution in [3.8, 4) is 0 Å². The number of rotatable bonds is 8. The Kier molecular flexibility index (Phi) is 9.83. The number of allylic oxidation sites excluding steroid dienone is 2. The standard InChI is InChI=1S/C17H27ClO4/c1-13(9-10-21-15(19)11-18)7-6-8-14(2)12-22-16(20)17(3,4)5/h8-9H,6-7,10-12H2,1-5H3/b13-9+,14-8+. The van der Waals surface area contributed by atoms with Crippen LogP contribution in [0.15, 0.2) is 23.3 Å². The van der Waals surface area contributed by atoms with Crippen molar-refractivity contribution in [2.45, 2.75) is 47.5 Å². The Morgan fingerprint density at radius 3 is 2.23 bits per heavy atom. The van der Waals surface area contributed by atoms with Crippen molar-refractivity contribution in [2.75, 3.05) is 19.1 Å². The molecule has 0 amide bonds. The van der Waals surface area contributed by atoms with Crippen LogP contribution in [0.2, 0.25) is 0 Å². The van der Waals surface area contributed by atoms with E-state index >= 15 is 0 Å². The van der Waals surface area contributed by atoms with Crippen LogP contribution in [0.5, 0.6) is 0 Å². The molecule has 0 aliphatic heterocycles. The predicted molar refractivity (Wildman–Crippen MR) is 88.8 cm³/mol. The van der Waals surface area contributed by atoms with Gasteiger partial charge in [0.05, 0.1) is 5.41 Å². The first-order valence-electron chi connectivity index (χ1n) is 7.37. The van der Waals surface area contributed by atoms with Crippen LogP contribution in [0, 0.1) is 5.41 Å². The Bertz CT molecular complexity index is 430. The van der Waals surface area contributed by atoms with E-state index < -0.39 is 11.4 Å². The molecular weight excluding hydrogens is 304 g/mol. The minimum absolute atomic E-state index is 0.123. The molecule has 0 rings (SSSR count). The Morgan fingerprint density at radius 2 is 1.68 bits per heavy atom. The number of alkyl halides is 1. The van der Waals surface area contributed by atoms with Crippen LogP contribution in [0.25, 0.3) is 0 Å². The SMILES string of the molecule is C/C(=C\COC(=O)CCl)CC/C=C(\C)COC(=O)C(C)(C)C. The third kappa shape index (κ3) is 10.4. The van der Waals surface area contributed by atoms with Crippen molar-refractivity contribution in [2.24, 2.45) is 5.41 Å². The van der Waals surface area contributed by atoms with E-state index in [-0.39, 0.29) is 18.5 Å². The first-order valence-corrected chi connectivity index (χ1v) is 7.90. The van der Waals surface area contributed by atoms with Gasteiger partial charge in [-0.2, -0.15) is 0 Å². The van der Waals surface area contributed by atoms with E-state index in [1.807, 2.05) is 40.7 Å². The molecule has 0 unspecified atom stereocenters. The molecule has 0 aliphatic rings. The minimum atomic E-state index is -0.472. The zero-order valence-corrected chi connectivity index (χ0v) is 15.0. The summed E-state index contributed by atoms with van der Waals surface area (Å²) < 4.78 is 10.1. The Balaban J connectivity index is 4.03. The van der Waals surface area contributed by atoms with Gasteiger partial charge in [-0.3, -0.25) is 9.59 Å². The summed E-state index contributed by atoms with van der Waals surface area (Å²) in [7, 11) is 0. The third-order valence-electron chi connectivity index (χ3n) is 2.86. The summed E-state index contributed by atoms with van der Waals surface area (Å²) in [6, 6.07) is 0. The van der Waals surface area contributed by atoms with Gasteiger partial charge in [0.2, 0.25) is 0 Å². The molecule has 0 N–H and O–H groups in total. The first kappa shape index (κ1) is 20.7. The van der Waals surface area contributed by atoms with Crippen LogP contribution < -0.4 is 0 Å². The molecule has 126 valence electrons. The number of halogens is 1. The van der Waals surface area contributed by atoms with E-state index in [9.17, 15) is 9.59 Å². The maximum atomic E-state index is 11.6. The molecule has 4 nitrogen and oxygen atoms in total. The van der Waals surface area contributed by atoms with Gasteiger partial charge in [-0.25, -0.2) is 0 Å². The molecular formula is C17H27ClO4. The molecule has 0 heterocycles. The normalized spacial score (nSPS) is 13.0. The molecule has 0 bridgehead atoms. The molecule has 5 heteroatoms. The van der Waals surface area contributed by atoms with E-state index in [4.69, 9.17) is 21.1 Å². The second kappa shape index (κ2) is 10.4. The summed E-state index contributed by atoms with van der Waals surface area (Å²) in [6.45, 7) is 10.0. The van der Waals surface area contributed by atoms with Crippen molar-refractivity contribution in [1.29, 1.82) is 0 Å². The Morgan fingerprint density at radius 1 is 1.05 bits per heavy atom. The zero-order chi connectivity index (χ0) is 17.2. The summed E-state index contributed by atoms with van der Waals surface area (Å²) in [5.74, 6) is -0.734. The number of ether oxygens (including phenoxy) is 2. The highest BCUT2D eigenvalue weighted by Crippen LogP contribution is 2.16. The van der Waals surface area contributed by atoms with Gasteiger partial charge in [-0.1, -0.05) is 11.6 Å². The van der Waals surface area contributed by atoms with Crippen LogP contribution >= 0.6 is 11.6 Å². The van der Waals surface area contributed by atoms with E-state index in [1.54, 1.807) is 0 Å². The van der Waals surface area contributed by atoms with E-state index in [2.05, 4.69) is 6.08 Å². The summed E-state index contributed by atoms with van der Waals surface area (Å²) in [4.78, 5) is 22.5. The highest BCUT2D eigenvalue weighted by atomic mass is 35.5. The van der Waals surface area contributed by atoms with Gasteiger partial charge in [0.1, 0.15) is 19.1 Å². The van der Waals surface area contributed by atoms with Crippen LogP contribution in [0.1, 0.15) is 47.5 Å². The van der Waals surface area contributed by atoms with E-state index in [0.717, 1.165) is 24.0 Å². The van der Waals surface area contributed by atoms with Gasteiger partial charge >= 0.3 is 11.9 Å². The number of hydrogen-bond donors (Lipinski definition) is 0. The molecule has 22 heavy (non-hydrogen) atoms. The Labute approximate surface area is 138 Å². The fourth-order valence-electron chi connectivity index (χ4n) is 1.42. The molecule has 0 saturated heterocycles. The topological polar surface area (TPSA) is 52.6 Å². The van der Waals surface area contributed by atoms with Gasteiger partial charge in [0.25, 0.3) is 0 Å². The third-order valence-corrected chi connectivity index (χ3v) is 3.08. The molecule has 0 radical (unpaired) electrons. The average molecular weight is 331 g/mol. The molecule has 0 atom stereocenters. The molecule has 0 aromatic carbocycles. The fraction of sp³-hybridized carbons (Fsp3) is 0.647. The number of hydrogen-bond acceptors (Lipinski definition) is 4. The summed E-state index contributed by atoms with van der Waals surface area (Å²) in [6.07, 6.45) is 5.64. The second-order valence-electron chi connectivity index (χ2n) is 6.28. The van der Waals surface area contributed by atoms with Crippen molar-refractivity contribution < 1.29 is 19.1 Å². The van der Waals surface area contributed by atoms with Gasteiger partial charge in [-0.15, -0.1) is 11.6 Å². The minimum Gasteiger partial charge on any atom is -0.461 e. The predicted octanol–water partition coefficient (Wildman–Crippen LogP) is 4.03. The van der Waals surface area contributed by atoms with Gasteiger partial charge < -0.3 is 9.47 Å². The van der Waals surface area contributed by atoms with E-state index in [0.29, 0.717) is 6.61 Å². The van der Waals surface area contributed by atoms with Gasteiger partial charge in [0, 0.05) is 0 Å². The lowest BCUT2D eigenvalue weighted by molar-refractivity contribution is -0.151. The average Bonchev–Trinajstić information content (AvgIpc) is 2.43. The van der Waals surface area contributed by atoms with Crippen molar-refractivity contribution in [3.05, 3.63) is 23.3 Å². The van der Waals surface area contributed by atoms with Crippen LogP contribution in [0.4, 0.5) is 0 Å². The van der Waals surface area contributed by atoms with E-state index in [1.165, 1.54) is 0 Å². The maximum absolute atomic E-state index is 11.6. The monoisotopic (exact) mass is 330 g/mol. The summed E-state index contributed by atoms with van der Waals surface area (Å²) >= 11 is 5.33. The lowest BCUT2D eigenvalue weighted by atomic mass is 9.97. The van der Waals surface area contributed by atoms with Gasteiger partial charge in [-0.05, 0) is 59.1 Å². The number of esters is 2. The summed E-state index contributed by atoms with van der Waals surface area (Å²) in [5.41, 5.74) is 1.69. The molecule has 0 spiro atoms. The maximum Gasteiger partial charge on any atom is 0.321 e. The molecule has 0 aromatic heterocycles. The number of carbonyl (C=O) groups excluding carboxylic acids is 2. The van der Waals surface area contributed by atoms with Crippen LogP contribution in [-0.4, -0.2) is 31.0 Å². The van der Waals surface area contributed by atoms with Crippen LogP contribution in [0.3, 0.4) is 0 Å². The highest BCUT2D eigenvalue weighted by molar-refractivity contribution is 6.26. The highest BCUT2D eigenvalue weighted by Gasteiger charge is 2.22. The Hall–Kier alpha value is -1.29. The van der Waals surface area contributed by atoms with Gasteiger partial charge in [0.15, 0.2) is 0 Å². The zero-order valence-electron chi connectivity index (χ0n) is 14.2. The smallest absolute Gasteiger partial charge is 0.321 e. The largest absolute Gasteiger partial charge is 0.461 e. The lowest BCUT2D eigenvalue weighted by Gasteiger charge is -2.16. The lowest BCUT2D eigenvalue weighted by Crippen LogP contribution is -2.23. The van der Waals surface area contributed by atoms with Crippen LogP contribution in [-0.2, 0) is 19.1 Å².